The van der Waals surface area contributed by atoms with E-state index in [1.54, 1.807) is 0 Å². The number of hydrogen-bond donors (Lipinski definition) is 2. The van der Waals surface area contributed by atoms with Crippen LogP contribution in [0.3, 0.4) is 0 Å². The first-order valence-electron chi connectivity index (χ1n) is 7.58. The van der Waals surface area contributed by atoms with Crippen LogP contribution in [0.25, 0.3) is 0 Å². The zero-order valence-corrected chi connectivity index (χ0v) is 13.9. The second-order valence-electron chi connectivity index (χ2n) is 6.41. The molecule has 0 aliphatic carbocycles. The van der Waals surface area contributed by atoms with Crippen molar-refractivity contribution < 1.29 is 5.11 Å². The average molecular weight is 273 g/mol. The van der Waals surface area contributed by atoms with Crippen LogP contribution in [-0.2, 0) is 0 Å². The maximum Gasteiger partial charge on any atom is 0.0611 e. The van der Waals surface area contributed by atoms with Crippen molar-refractivity contribution in [2.45, 2.75) is 52.1 Å². The maximum atomic E-state index is 9.61. The summed E-state index contributed by atoms with van der Waals surface area (Å²) < 4.78 is 0. The minimum atomic E-state index is -0.168. The largest absolute Gasteiger partial charge is 0.394 e. The summed E-state index contributed by atoms with van der Waals surface area (Å²) in [5.74, 6) is 0. The Hall–Kier alpha value is -0.160. The van der Waals surface area contributed by atoms with Gasteiger partial charge in [0.05, 0.1) is 6.61 Å². The molecule has 4 heteroatoms. The quantitative estimate of drug-likeness (QED) is 0.597. The average Bonchev–Trinajstić information content (AvgIpc) is 2.31. The van der Waals surface area contributed by atoms with E-state index in [2.05, 4.69) is 56.9 Å². The molecule has 19 heavy (non-hydrogen) atoms. The van der Waals surface area contributed by atoms with E-state index in [1.165, 1.54) is 6.42 Å². The summed E-state index contributed by atoms with van der Waals surface area (Å²) in [5, 5.41) is 13.1. The third-order valence-electron chi connectivity index (χ3n) is 3.37. The third kappa shape index (κ3) is 9.38. The van der Waals surface area contributed by atoms with Gasteiger partial charge in [0, 0.05) is 31.2 Å². The molecule has 4 nitrogen and oxygen atoms in total. The first kappa shape index (κ1) is 18.8. The molecule has 0 spiro atoms. The van der Waals surface area contributed by atoms with Crippen LogP contribution >= 0.6 is 0 Å². The highest BCUT2D eigenvalue weighted by atomic mass is 16.3. The van der Waals surface area contributed by atoms with Crippen molar-refractivity contribution in [3.05, 3.63) is 0 Å². The van der Waals surface area contributed by atoms with Gasteiger partial charge < -0.3 is 20.2 Å². The van der Waals surface area contributed by atoms with Crippen molar-refractivity contribution in [1.29, 1.82) is 0 Å². The zero-order valence-electron chi connectivity index (χ0n) is 13.9. The molecule has 0 heterocycles. The highest BCUT2D eigenvalue weighted by molar-refractivity contribution is 4.85. The minimum absolute atomic E-state index is 0.168. The topological polar surface area (TPSA) is 38.7 Å². The van der Waals surface area contributed by atoms with Crippen LogP contribution in [-0.4, -0.2) is 73.4 Å². The number of rotatable bonds is 11. The van der Waals surface area contributed by atoms with Gasteiger partial charge in [-0.15, -0.1) is 0 Å². The van der Waals surface area contributed by atoms with Crippen LogP contribution < -0.4 is 5.32 Å². The summed E-state index contributed by atoms with van der Waals surface area (Å²) in [5.41, 5.74) is -0.168. The Morgan fingerprint density at radius 2 is 1.74 bits per heavy atom. The summed E-state index contributed by atoms with van der Waals surface area (Å²) in [6.45, 7) is 13.2. The van der Waals surface area contributed by atoms with E-state index >= 15 is 0 Å². The Kier molecular flexibility index (Phi) is 9.62. The Labute approximate surface area is 120 Å². The smallest absolute Gasteiger partial charge is 0.0611 e. The molecule has 0 fully saturated rings. The number of nitrogens with one attached hydrogen (secondary N) is 1. The van der Waals surface area contributed by atoms with E-state index < -0.39 is 0 Å². The fourth-order valence-corrected chi connectivity index (χ4v) is 2.29. The summed E-state index contributed by atoms with van der Waals surface area (Å²) in [4.78, 5) is 4.72. The standard InChI is InChI=1S/C15H35N3O/c1-7-9-18(12-11-17(5)6)10-8-15(4,13-19)16-14(2)3/h14,16,19H,7-13H2,1-6H3. The van der Waals surface area contributed by atoms with Crippen LogP contribution in [0, 0.1) is 0 Å². The molecule has 0 aromatic heterocycles. The summed E-state index contributed by atoms with van der Waals surface area (Å²) in [6, 6.07) is 0.401. The molecule has 0 aromatic carbocycles. The molecule has 116 valence electrons. The second kappa shape index (κ2) is 9.70. The maximum absolute atomic E-state index is 9.61. The number of aliphatic hydroxyl groups is 1. The Morgan fingerprint density at radius 3 is 2.16 bits per heavy atom. The molecule has 0 rings (SSSR count). The van der Waals surface area contributed by atoms with E-state index in [-0.39, 0.29) is 12.1 Å². The predicted molar refractivity (Wildman–Crippen MR) is 83.7 cm³/mol. The molecule has 0 amide bonds. The molecule has 0 radical (unpaired) electrons. The van der Waals surface area contributed by atoms with E-state index in [4.69, 9.17) is 0 Å². The lowest BCUT2D eigenvalue weighted by Gasteiger charge is -2.34. The van der Waals surface area contributed by atoms with Crippen LogP contribution in [0.4, 0.5) is 0 Å². The van der Waals surface area contributed by atoms with Crippen LogP contribution in [0.2, 0.25) is 0 Å². The predicted octanol–water partition coefficient (Wildman–Crippen LogP) is 1.40. The van der Waals surface area contributed by atoms with Crippen molar-refractivity contribution in [1.82, 2.24) is 15.1 Å². The molecule has 0 saturated carbocycles. The van der Waals surface area contributed by atoms with Gasteiger partial charge in [-0.25, -0.2) is 0 Å². The monoisotopic (exact) mass is 273 g/mol. The summed E-state index contributed by atoms with van der Waals surface area (Å²) in [7, 11) is 4.23. The summed E-state index contributed by atoms with van der Waals surface area (Å²) >= 11 is 0. The molecular weight excluding hydrogens is 238 g/mol. The fraction of sp³-hybridized carbons (Fsp3) is 1.00. The van der Waals surface area contributed by atoms with Gasteiger partial charge in [0.15, 0.2) is 0 Å². The second-order valence-corrected chi connectivity index (χ2v) is 6.41. The normalized spacial score (nSPS) is 15.5. The molecular formula is C15H35N3O. The first-order valence-corrected chi connectivity index (χ1v) is 7.58. The van der Waals surface area contributed by atoms with Gasteiger partial charge in [-0.1, -0.05) is 20.8 Å². The van der Waals surface area contributed by atoms with Gasteiger partial charge >= 0.3 is 0 Å². The number of nitrogens with zero attached hydrogens (tertiary/aromatic N) is 2. The molecule has 0 aliphatic heterocycles. The molecule has 0 saturated heterocycles. The Bertz CT molecular complexity index is 221. The SMILES string of the molecule is CCCN(CCN(C)C)CCC(C)(CO)NC(C)C. The molecule has 0 bridgehead atoms. The minimum Gasteiger partial charge on any atom is -0.394 e. The molecule has 0 aromatic rings. The van der Waals surface area contributed by atoms with Crippen molar-refractivity contribution >= 4 is 0 Å². The summed E-state index contributed by atoms with van der Waals surface area (Å²) in [6.07, 6.45) is 2.16. The van der Waals surface area contributed by atoms with Crippen LogP contribution in [0.15, 0.2) is 0 Å². The van der Waals surface area contributed by atoms with Crippen molar-refractivity contribution in [3.63, 3.8) is 0 Å². The lowest BCUT2D eigenvalue weighted by molar-refractivity contribution is 0.135. The third-order valence-corrected chi connectivity index (χ3v) is 3.37. The molecule has 1 atom stereocenters. The van der Waals surface area contributed by atoms with Gasteiger partial charge in [-0.2, -0.15) is 0 Å². The van der Waals surface area contributed by atoms with Crippen LogP contribution in [0.1, 0.15) is 40.5 Å². The van der Waals surface area contributed by atoms with Gasteiger partial charge in [0.25, 0.3) is 0 Å². The van der Waals surface area contributed by atoms with E-state index in [0.717, 1.165) is 32.6 Å². The van der Waals surface area contributed by atoms with E-state index in [9.17, 15) is 5.11 Å². The molecule has 0 aliphatic rings. The fourth-order valence-electron chi connectivity index (χ4n) is 2.29. The number of aliphatic hydroxyl groups excluding tert-OH is 1. The first-order chi connectivity index (χ1) is 8.83. The van der Waals surface area contributed by atoms with Crippen molar-refractivity contribution in [2.24, 2.45) is 0 Å². The zero-order chi connectivity index (χ0) is 14.9. The lowest BCUT2D eigenvalue weighted by Crippen LogP contribution is -2.51. The Morgan fingerprint density at radius 1 is 1.11 bits per heavy atom. The van der Waals surface area contributed by atoms with E-state index in [0.29, 0.717) is 6.04 Å². The van der Waals surface area contributed by atoms with Crippen molar-refractivity contribution in [2.75, 3.05) is 46.9 Å². The van der Waals surface area contributed by atoms with Crippen LogP contribution in [0.5, 0.6) is 0 Å². The van der Waals surface area contributed by atoms with Crippen molar-refractivity contribution in [3.8, 4) is 0 Å². The number of likely N-dealkylation sites (N-methyl/N-ethyl adjacent to an activating group) is 1. The molecule has 1 unspecified atom stereocenters. The Balaban J connectivity index is 4.25. The number of hydrogen-bond acceptors (Lipinski definition) is 4. The van der Waals surface area contributed by atoms with E-state index in [1.807, 2.05) is 0 Å². The molecule has 2 N–H and O–H groups in total. The van der Waals surface area contributed by atoms with Gasteiger partial charge in [0.1, 0.15) is 0 Å². The lowest BCUT2D eigenvalue weighted by atomic mass is 9.97. The van der Waals surface area contributed by atoms with Gasteiger partial charge in [0.2, 0.25) is 0 Å². The highest BCUT2D eigenvalue weighted by Crippen LogP contribution is 2.11. The highest BCUT2D eigenvalue weighted by Gasteiger charge is 2.24. The van der Waals surface area contributed by atoms with Gasteiger partial charge in [-0.05, 0) is 40.4 Å². The van der Waals surface area contributed by atoms with Gasteiger partial charge in [-0.3, -0.25) is 0 Å².